The van der Waals surface area contributed by atoms with Crippen molar-refractivity contribution in [3.8, 4) is 0 Å². The molecule has 1 aromatic heterocycles. The number of alkyl halides is 3. The van der Waals surface area contributed by atoms with E-state index in [-0.39, 0.29) is 23.3 Å². The zero-order valence-electron chi connectivity index (χ0n) is 12.7. The van der Waals surface area contributed by atoms with Crippen molar-refractivity contribution in [2.24, 2.45) is 0 Å². The van der Waals surface area contributed by atoms with E-state index < -0.39 is 33.6 Å². The number of hydrogen-bond acceptors (Lipinski definition) is 4. The quantitative estimate of drug-likeness (QED) is 0.562. The minimum absolute atomic E-state index is 0.0164. The van der Waals surface area contributed by atoms with Gasteiger partial charge >= 0.3 is 12.3 Å². The minimum Gasteiger partial charge on any atom is -0.347 e. The first-order valence-electron chi connectivity index (χ1n) is 7.69. The Bertz CT molecular complexity index is 840. The Morgan fingerprint density at radius 1 is 1.12 bits per heavy atom. The molecule has 0 amide bonds. The van der Waals surface area contributed by atoms with Crippen molar-refractivity contribution >= 4 is 32.7 Å². The Morgan fingerprint density at radius 2 is 1.76 bits per heavy atom. The van der Waals surface area contributed by atoms with Crippen LogP contribution in [0.15, 0.2) is 10.5 Å². The third kappa shape index (κ3) is 2.66. The molecule has 2 aliphatic heterocycles. The van der Waals surface area contributed by atoms with Crippen LogP contribution in [0, 0.1) is 11.9 Å². The van der Waals surface area contributed by atoms with Crippen LogP contribution in [-0.2, 0) is 6.18 Å². The van der Waals surface area contributed by atoms with Gasteiger partial charge in [-0.25, -0.2) is 4.39 Å². The molecule has 134 valence electrons. The summed E-state index contributed by atoms with van der Waals surface area (Å²) in [6.45, 7) is 1.24. The molecular formula is C15H12BrF5N4. The van der Waals surface area contributed by atoms with E-state index in [4.69, 9.17) is 0 Å². The summed E-state index contributed by atoms with van der Waals surface area (Å²) >= 11 is 2.62. The normalized spacial score (nSPS) is 23.5. The van der Waals surface area contributed by atoms with Gasteiger partial charge in [0.2, 0.25) is 0 Å². The molecular weight excluding hydrogens is 411 g/mol. The van der Waals surface area contributed by atoms with E-state index in [9.17, 15) is 22.0 Å². The second kappa shape index (κ2) is 5.73. The van der Waals surface area contributed by atoms with Crippen molar-refractivity contribution in [1.29, 1.82) is 0 Å². The van der Waals surface area contributed by atoms with E-state index in [1.807, 2.05) is 0 Å². The molecule has 2 fully saturated rings. The number of fused-ring (bicyclic) bond motifs is 3. The van der Waals surface area contributed by atoms with Crippen molar-refractivity contribution in [2.75, 3.05) is 18.0 Å². The maximum Gasteiger partial charge on any atom is 0.417 e. The Morgan fingerprint density at radius 3 is 2.36 bits per heavy atom. The summed E-state index contributed by atoms with van der Waals surface area (Å²) in [6.07, 6.45) is -4.29. The molecule has 1 aromatic carbocycles. The molecule has 2 atom stereocenters. The van der Waals surface area contributed by atoms with Gasteiger partial charge in [-0.15, -0.1) is 0 Å². The number of nitrogens with one attached hydrogen (secondary N) is 1. The Labute approximate surface area is 147 Å². The van der Waals surface area contributed by atoms with Crippen molar-refractivity contribution in [3.05, 3.63) is 28.0 Å². The van der Waals surface area contributed by atoms with Crippen LogP contribution in [-0.4, -0.2) is 35.1 Å². The molecule has 2 aliphatic rings. The molecule has 2 aromatic rings. The fourth-order valence-electron chi connectivity index (χ4n) is 3.69. The van der Waals surface area contributed by atoms with Gasteiger partial charge in [-0.1, -0.05) is 0 Å². The van der Waals surface area contributed by atoms with Gasteiger partial charge in [0.05, 0.1) is 10.0 Å². The molecule has 3 heterocycles. The van der Waals surface area contributed by atoms with Crippen LogP contribution in [0.5, 0.6) is 0 Å². The van der Waals surface area contributed by atoms with Crippen LogP contribution < -0.4 is 10.2 Å². The van der Waals surface area contributed by atoms with E-state index in [2.05, 4.69) is 31.2 Å². The molecule has 2 unspecified atom stereocenters. The zero-order chi connectivity index (χ0) is 17.9. The number of anilines is 1. The van der Waals surface area contributed by atoms with Gasteiger partial charge < -0.3 is 10.2 Å². The molecule has 25 heavy (non-hydrogen) atoms. The number of benzene rings is 1. The molecule has 0 radical (unpaired) electrons. The van der Waals surface area contributed by atoms with E-state index in [0.717, 1.165) is 18.9 Å². The van der Waals surface area contributed by atoms with Crippen LogP contribution in [0.1, 0.15) is 18.4 Å². The highest BCUT2D eigenvalue weighted by Gasteiger charge is 2.40. The summed E-state index contributed by atoms with van der Waals surface area (Å²) in [5.41, 5.74) is -1.63. The first kappa shape index (κ1) is 16.9. The monoisotopic (exact) mass is 422 g/mol. The van der Waals surface area contributed by atoms with Gasteiger partial charge in [0.15, 0.2) is 5.82 Å². The lowest BCUT2D eigenvalue weighted by atomic mass is 10.1. The molecule has 4 nitrogen and oxygen atoms in total. The standard InChI is InChI=1S/C15H12BrF5N4/c16-10-9(15(19,20)21)3-8-12(11(10)17)23-14(18)24-13(8)25-6-1-2-7(25)5-22-4-6/h3,6-7,22H,1-2,4-5H2. The lowest BCUT2D eigenvalue weighted by Crippen LogP contribution is -2.52. The number of aromatic nitrogens is 2. The number of hydrogen-bond donors (Lipinski definition) is 1. The van der Waals surface area contributed by atoms with E-state index >= 15 is 0 Å². The smallest absolute Gasteiger partial charge is 0.347 e. The van der Waals surface area contributed by atoms with Crippen LogP contribution in [0.3, 0.4) is 0 Å². The minimum atomic E-state index is -4.76. The van der Waals surface area contributed by atoms with Gasteiger partial charge in [0.1, 0.15) is 11.3 Å². The highest BCUT2D eigenvalue weighted by atomic mass is 79.9. The molecule has 0 saturated carbocycles. The molecule has 1 N–H and O–H groups in total. The predicted molar refractivity (Wildman–Crippen MR) is 84.3 cm³/mol. The molecule has 0 aliphatic carbocycles. The third-order valence-corrected chi connectivity index (χ3v) is 5.53. The SMILES string of the molecule is Fc1nc(N2C3CCC2CNC3)c2cc(C(F)(F)F)c(Br)c(F)c2n1. The largest absolute Gasteiger partial charge is 0.417 e. The van der Waals surface area contributed by atoms with Crippen LogP contribution >= 0.6 is 15.9 Å². The van der Waals surface area contributed by atoms with Crippen molar-refractivity contribution in [2.45, 2.75) is 31.1 Å². The van der Waals surface area contributed by atoms with Crippen LogP contribution in [0.4, 0.5) is 27.8 Å². The van der Waals surface area contributed by atoms with Gasteiger partial charge in [-0.05, 0) is 34.8 Å². The Balaban J connectivity index is 2.00. The number of rotatable bonds is 1. The third-order valence-electron chi connectivity index (χ3n) is 4.75. The fourth-order valence-corrected chi connectivity index (χ4v) is 4.22. The summed E-state index contributed by atoms with van der Waals surface area (Å²) in [7, 11) is 0. The summed E-state index contributed by atoms with van der Waals surface area (Å²) in [5.74, 6) is -1.22. The van der Waals surface area contributed by atoms with Crippen LogP contribution in [0.25, 0.3) is 10.9 Å². The lowest BCUT2D eigenvalue weighted by molar-refractivity contribution is -0.138. The molecule has 2 bridgehead atoms. The van der Waals surface area contributed by atoms with Crippen LogP contribution in [0.2, 0.25) is 0 Å². The number of piperazine rings is 1. The number of halogens is 6. The number of nitrogens with zero attached hydrogens (tertiary/aromatic N) is 3. The zero-order valence-corrected chi connectivity index (χ0v) is 14.3. The molecule has 4 rings (SSSR count). The maximum atomic E-state index is 14.5. The van der Waals surface area contributed by atoms with E-state index in [1.165, 1.54) is 0 Å². The van der Waals surface area contributed by atoms with Crippen molar-refractivity contribution in [3.63, 3.8) is 0 Å². The first-order valence-corrected chi connectivity index (χ1v) is 8.48. The first-order chi connectivity index (χ1) is 11.8. The van der Waals surface area contributed by atoms with Crippen molar-refractivity contribution in [1.82, 2.24) is 15.3 Å². The van der Waals surface area contributed by atoms with Gasteiger partial charge in [0, 0.05) is 30.6 Å². The predicted octanol–water partition coefficient (Wildman–Crippen LogP) is 3.63. The second-order valence-electron chi connectivity index (χ2n) is 6.21. The molecule has 10 heteroatoms. The summed E-state index contributed by atoms with van der Waals surface area (Å²) in [6, 6.07) is 0.758. The maximum absolute atomic E-state index is 14.5. The average Bonchev–Trinajstić information content (AvgIpc) is 2.78. The lowest BCUT2D eigenvalue weighted by Gasteiger charge is -2.36. The summed E-state index contributed by atoms with van der Waals surface area (Å²) < 4.78 is 67.3. The van der Waals surface area contributed by atoms with Gasteiger partial charge in [0.25, 0.3) is 0 Å². The summed E-state index contributed by atoms with van der Waals surface area (Å²) in [4.78, 5) is 8.93. The average molecular weight is 423 g/mol. The molecule has 0 spiro atoms. The fraction of sp³-hybridized carbons (Fsp3) is 0.467. The highest BCUT2D eigenvalue weighted by Crippen LogP contribution is 2.42. The van der Waals surface area contributed by atoms with E-state index in [0.29, 0.717) is 13.1 Å². The van der Waals surface area contributed by atoms with Crippen molar-refractivity contribution < 1.29 is 22.0 Å². The molecule has 2 saturated heterocycles. The summed E-state index contributed by atoms with van der Waals surface area (Å²) in [5, 5.41) is 3.09. The van der Waals surface area contributed by atoms with E-state index in [1.54, 1.807) is 4.90 Å². The van der Waals surface area contributed by atoms with Gasteiger partial charge in [-0.3, -0.25) is 0 Å². The second-order valence-corrected chi connectivity index (χ2v) is 7.01. The Kier molecular flexibility index (Phi) is 3.87. The highest BCUT2D eigenvalue weighted by molar-refractivity contribution is 9.10. The van der Waals surface area contributed by atoms with Gasteiger partial charge in [-0.2, -0.15) is 27.5 Å². The Hall–Kier alpha value is -1.55. The topological polar surface area (TPSA) is 41.1 Å².